The summed E-state index contributed by atoms with van der Waals surface area (Å²) in [6.07, 6.45) is 7.98. The molecule has 7 nitrogen and oxygen atoms in total. The predicted octanol–water partition coefficient (Wildman–Crippen LogP) is 3.62. The van der Waals surface area contributed by atoms with Crippen LogP contribution in [-0.4, -0.2) is 28.7 Å². The Balaban J connectivity index is 1.52. The standard InChI is InChI=1S/C25H24N4O3/c1-32-23-15-9-8-12-19(23)16-24(30)26-27-25(31)22-17-21(18-10-4-2-5-11-18)28-29(22)20-13-6-3-7-14-20/h2-4,6-10,12-15,17H,5,11,16H2,1H3,(H,26,30)(H,27,31). The van der Waals surface area contributed by atoms with Gasteiger partial charge in [0.1, 0.15) is 11.4 Å². The first kappa shape index (κ1) is 21.1. The number of aromatic nitrogens is 2. The fourth-order valence-electron chi connectivity index (χ4n) is 3.54. The van der Waals surface area contributed by atoms with Crippen molar-refractivity contribution in [1.29, 1.82) is 0 Å². The molecule has 2 N–H and O–H groups in total. The number of amides is 2. The molecule has 4 rings (SSSR count). The van der Waals surface area contributed by atoms with Crippen molar-refractivity contribution in [1.82, 2.24) is 20.6 Å². The number of carbonyl (C=O) groups excluding carboxylic acids is 2. The summed E-state index contributed by atoms with van der Waals surface area (Å²) in [5.74, 6) is -0.183. The van der Waals surface area contributed by atoms with Crippen molar-refractivity contribution in [3.05, 3.63) is 95.8 Å². The summed E-state index contributed by atoms with van der Waals surface area (Å²) in [5.41, 5.74) is 8.63. The number of allylic oxidation sites excluding steroid dienone is 4. The van der Waals surface area contributed by atoms with Crippen LogP contribution in [-0.2, 0) is 11.2 Å². The highest BCUT2D eigenvalue weighted by Crippen LogP contribution is 2.24. The van der Waals surface area contributed by atoms with Gasteiger partial charge in [-0.25, -0.2) is 4.68 Å². The highest BCUT2D eigenvalue weighted by molar-refractivity contribution is 5.95. The molecule has 0 saturated carbocycles. The van der Waals surface area contributed by atoms with E-state index in [4.69, 9.17) is 4.74 Å². The van der Waals surface area contributed by atoms with Crippen molar-refractivity contribution in [3.8, 4) is 11.4 Å². The molecule has 0 bridgehead atoms. The summed E-state index contributed by atoms with van der Waals surface area (Å²) >= 11 is 0. The van der Waals surface area contributed by atoms with Crippen LogP contribution < -0.4 is 15.6 Å². The molecule has 2 amide bonds. The number of ether oxygens (including phenoxy) is 1. The molecule has 3 aromatic rings. The van der Waals surface area contributed by atoms with Gasteiger partial charge in [-0.2, -0.15) is 5.10 Å². The summed E-state index contributed by atoms with van der Waals surface area (Å²) in [6.45, 7) is 0. The minimum absolute atomic E-state index is 0.0761. The van der Waals surface area contributed by atoms with E-state index in [0.717, 1.165) is 35.4 Å². The Bertz CT molecular complexity index is 1180. The number of methoxy groups -OCH3 is 1. The van der Waals surface area contributed by atoms with Crippen LogP contribution in [0.5, 0.6) is 5.75 Å². The topological polar surface area (TPSA) is 85.2 Å². The Morgan fingerprint density at radius 3 is 2.59 bits per heavy atom. The Morgan fingerprint density at radius 2 is 1.84 bits per heavy atom. The summed E-state index contributed by atoms with van der Waals surface area (Å²) in [4.78, 5) is 25.4. The van der Waals surface area contributed by atoms with Crippen molar-refractivity contribution in [2.24, 2.45) is 0 Å². The fraction of sp³-hybridized carbons (Fsp3) is 0.160. The van der Waals surface area contributed by atoms with Crippen molar-refractivity contribution in [3.63, 3.8) is 0 Å². The van der Waals surface area contributed by atoms with Crippen LogP contribution in [0.3, 0.4) is 0 Å². The SMILES string of the molecule is COc1ccccc1CC(=O)NNC(=O)c1cc(C2=CC=CCC2)nn1-c1ccccc1. The Kier molecular flexibility index (Phi) is 6.46. The van der Waals surface area contributed by atoms with Gasteiger partial charge in [0.2, 0.25) is 5.91 Å². The largest absolute Gasteiger partial charge is 0.496 e. The van der Waals surface area contributed by atoms with Gasteiger partial charge in [-0.15, -0.1) is 0 Å². The zero-order valence-electron chi connectivity index (χ0n) is 17.7. The van der Waals surface area contributed by atoms with Gasteiger partial charge in [0.25, 0.3) is 5.91 Å². The Morgan fingerprint density at radius 1 is 1.06 bits per heavy atom. The molecule has 0 aliphatic heterocycles. The maximum absolute atomic E-state index is 13.0. The van der Waals surface area contributed by atoms with Gasteiger partial charge in [-0.05, 0) is 42.7 Å². The van der Waals surface area contributed by atoms with Gasteiger partial charge < -0.3 is 4.74 Å². The van der Waals surface area contributed by atoms with Crippen molar-refractivity contribution < 1.29 is 14.3 Å². The average Bonchev–Trinajstić information content (AvgIpc) is 3.30. The highest BCUT2D eigenvalue weighted by atomic mass is 16.5. The van der Waals surface area contributed by atoms with E-state index in [1.54, 1.807) is 23.9 Å². The van der Waals surface area contributed by atoms with Gasteiger partial charge in [0.05, 0.1) is 24.9 Å². The third-order valence-corrected chi connectivity index (χ3v) is 5.14. The number of carbonyl (C=O) groups is 2. The molecule has 2 aromatic carbocycles. The number of benzene rings is 2. The van der Waals surface area contributed by atoms with Crippen LogP contribution >= 0.6 is 0 Å². The lowest BCUT2D eigenvalue weighted by Gasteiger charge is -2.11. The first-order valence-electron chi connectivity index (χ1n) is 10.4. The number of hydrogen-bond donors (Lipinski definition) is 2. The van der Waals surface area contributed by atoms with E-state index in [2.05, 4.69) is 22.0 Å². The van der Waals surface area contributed by atoms with E-state index in [9.17, 15) is 9.59 Å². The van der Waals surface area contributed by atoms with Crippen LogP contribution in [0.2, 0.25) is 0 Å². The lowest BCUT2D eigenvalue weighted by molar-refractivity contribution is -0.121. The number of para-hydroxylation sites is 2. The van der Waals surface area contributed by atoms with Crippen LogP contribution in [0.1, 0.15) is 34.6 Å². The van der Waals surface area contributed by atoms with Crippen molar-refractivity contribution >= 4 is 17.4 Å². The monoisotopic (exact) mass is 428 g/mol. The minimum atomic E-state index is -0.451. The van der Waals surface area contributed by atoms with E-state index >= 15 is 0 Å². The number of nitrogens with one attached hydrogen (secondary N) is 2. The van der Waals surface area contributed by atoms with Gasteiger partial charge in [-0.3, -0.25) is 20.4 Å². The molecular formula is C25H24N4O3. The second-order valence-corrected chi connectivity index (χ2v) is 7.31. The second kappa shape index (κ2) is 9.78. The first-order valence-corrected chi connectivity index (χ1v) is 10.4. The first-order chi connectivity index (χ1) is 15.7. The maximum Gasteiger partial charge on any atom is 0.288 e. The van der Waals surface area contributed by atoms with Gasteiger partial charge >= 0.3 is 0 Å². The molecule has 1 heterocycles. The molecule has 0 atom stereocenters. The van der Waals surface area contributed by atoms with Crippen LogP contribution in [0.4, 0.5) is 0 Å². The predicted molar refractivity (Wildman–Crippen MR) is 122 cm³/mol. The number of nitrogens with zero attached hydrogens (tertiary/aromatic N) is 2. The molecule has 0 fully saturated rings. The normalized spacial score (nSPS) is 12.7. The molecule has 1 aliphatic carbocycles. The Labute approximate surface area is 186 Å². The van der Waals surface area contributed by atoms with E-state index < -0.39 is 5.91 Å². The maximum atomic E-state index is 13.0. The minimum Gasteiger partial charge on any atom is -0.496 e. The summed E-state index contributed by atoms with van der Waals surface area (Å²) in [6, 6.07) is 18.4. The van der Waals surface area contributed by atoms with Gasteiger partial charge in [0.15, 0.2) is 0 Å². The molecule has 0 radical (unpaired) electrons. The van der Waals surface area contributed by atoms with Crippen LogP contribution in [0, 0.1) is 0 Å². The van der Waals surface area contributed by atoms with Gasteiger partial charge in [0, 0.05) is 5.56 Å². The molecule has 7 heteroatoms. The lowest BCUT2D eigenvalue weighted by Crippen LogP contribution is -2.43. The number of rotatable bonds is 6. The smallest absolute Gasteiger partial charge is 0.288 e. The fourth-order valence-corrected chi connectivity index (χ4v) is 3.54. The quantitative estimate of drug-likeness (QED) is 0.588. The zero-order valence-corrected chi connectivity index (χ0v) is 17.7. The van der Waals surface area contributed by atoms with Crippen LogP contribution in [0.25, 0.3) is 11.3 Å². The molecule has 1 aliphatic rings. The van der Waals surface area contributed by atoms with Gasteiger partial charge in [-0.1, -0.05) is 54.6 Å². The number of hydrogen-bond acceptors (Lipinski definition) is 4. The van der Waals surface area contributed by atoms with E-state index in [1.807, 2.05) is 60.7 Å². The zero-order chi connectivity index (χ0) is 22.3. The van der Waals surface area contributed by atoms with E-state index in [0.29, 0.717) is 11.4 Å². The van der Waals surface area contributed by atoms with Crippen molar-refractivity contribution in [2.45, 2.75) is 19.3 Å². The Hall–Kier alpha value is -4.13. The molecular weight excluding hydrogens is 404 g/mol. The molecule has 1 aromatic heterocycles. The van der Waals surface area contributed by atoms with Crippen molar-refractivity contribution in [2.75, 3.05) is 7.11 Å². The summed E-state index contributed by atoms with van der Waals surface area (Å²) < 4.78 is 6.87. The molecule has 0 unspecified atom stereocenters. The van der Waals surface area contributed by atoms with Crippen LogP contribution in [0.15, 0.2) is 78.9 Å². The molecule has 162 valence electrons. The average molecular weight is 428 g/mol. The third-order valence-electron chi connectivity index (χ3n) is 5.14. The molecule has 0 saturated heterocycles. The molecule has 0 spiro atoms. The third kappa shape index (κ3) is 4.78. The summed E-state index contributed by atoms with van der Waals surface area (Å²) in [7, 11) is 1.55. The summed E-state index contributed by atoms with van der Waals surface area (Å²) in [5, 5.41) is 4.67. The second-order valence-electron chi connectivity index (χ2n) is 7.31. The molecule has 32 heavy (non-hydrogen) atoms. The van der Waals surface area contributed by atoms with E-state index in [1.165, 1.54) is 0 Å². The lowest BCUT2D eigenvalue weighted by atomic mass is 10.0. The van der Waals surface area contributed by atoms with E-state index in [-0.39, 0.29) is 12.3 Å². The highest BCUT2D eigenvalue weighted by Gasteiger charge is 2.19. The number of hydrazine groups is 1.